The summed E-state index contributed by atoms with van der Waals surface area (Å²) in [6.07, 6.45) is 1.62. The van der Waals surface area contributed by atoms with Gasteiger partial charge in [-0.05, 0) is 0 Å². The molecule has 0 aliphatic carbocycles. The molecule has 2 fully saturated rings. The number of anilines is 1. The largest absolute Gasteiger partial charge is 0.378 e. The zero-order chi connectivity index (χ0) is 16.1. The van der Waals surface area contributed by atoms with Crippen molar-refractivity contribution in [3.8, 4) is 0 Å². The van der Waals surface area contributed by atoms with Gasteiger partial charge in [0.15, 0.2) is 0 Å². The molecule has 0 spiro atoms. The quantitative estimate of drug-likeness (QED) is 0.768. The van der Waals surface area contributed by atoms with Crippen molar-refractivity contribution in [2.45, 2.75) is 6.61 Å². The molecule has 2 aliphatic rings. The Morgan fingerprint density at radius 1 is 1.17 bits per heavy atom. The van der Waals surface area contributed by atoms with Crippen LogP contribution in [0, 0.1) is 0 Å². The van der Waals surface area contributed by atoms with Crippen LogP contribution >= 0.6 is 0 Å². The zero-order valence-electron chi connectivity index (χ0n) is 13.4. The molecule has 0 aromatic carbocycles. The number of aromatic nitrogens is 2. The number of hydrogen-bond donors (Lipinski definition) is 0. The van der Waals surface area contributed by atoms with Crippen LogP contribution in [0.15, 0.2) is 6.20 Å². The Bertz CT molecular complexity index is 542. The zero-order valence-corrected chi connectivity index (χ0v) is 13.4. The molecule has 2 aliphatic heterocycles. The van der Waals surface area contributed by atoms with Crippen LogP contribution in [0.3, 0.4) is 0 Å². The summed E-state index contributed by atoms with van der Waals surface area (Å²) in [6.45, 7) is 5.44. The Hall–Kier alpha value is -1.77. The highest BCUT2D eigenvalue weighted by Gasteiger charge is 2.24. The second-order valence-corrected chi connectivity index (χ2v) is 5.47. The second-order valence-electron chi connectivity index (χ2n) is 5.47. The molecule has 23 heavy (non-hydrogen) atoms. The van der Waals surface area contributed by atoms with Crippen molar-refractivity contribution >= 4 is 11.9 Å². The van der Waals surface area contributed by atoms with Crippen LogP contribution in [0.2, 0.25) is 0 Å². The number of nitrogens with zero attached hydrogens (tertiary/aromatic N) is 4. The van der Waals surface area contributed by atoms with Crippen LogP contribution < -0.4 is 4.90 Å². The van der Waals surface area contributed by atoms with Crippen LogP contribution in [0.1, 0.15) is 16.1 Å². The van der Waals surface area contributed by atoms with E-state index in [9.17, 15) is 4.79 Å². The molecule has 1 aromatic rings. The van der Waals surface area contributed by atoms with Crippen molar-refractivity contribution in [3.05, 3.63) is 17.5 Å². The highest BCUT2D eigenvalue weighted by Crippen LogP contribution is 2.16. The lowest BCUT2D eigenvalue weighted by Gasteiger charge is -2.29. The first kappa shape index (κ1) is 16.1. The summed E-state index contributed by atoms with van der Waals surface area (Å²) >= 11 is 0. The van der Waals surface area contributed by atoms with Crippen molar-refractivity contribution < 1.29 is 19.0 Å². The van der Waals surface area contributed by atoms with Gasteiger partial charge in [-0.2, -0.15) is 0 Å². The molecule has 8 nitrogen and oxygen atoms in total. The van der Waals surface area contributed by atoms with E-state index >= 15 is 0 Å². The predicted molar refractivity (Wildman–Crippen MR) is 82.5 cm³/mol. The number of hydrogen-bond acceptors (Lipinski definition) is 7. The van der Waals surface area contributed by atoms with Gasteiger partial charge in [-0.3, -0.25) is 4.79 Å². The van der Waals surface area contributed by atoms with Crippen molar-refractivity contribution in [3.63, 3.8) is 0 Å². The molecule has 0 unspecified atom stereocenters. The minimum Gasteiger partial charge on any atom is -0.378 e. The molecule has 1 aromatic heterocycles. The molecule has 1 amide bonds. The number of amides is 1. The third-order valence-electron chi connectivity index (χ3n) is 3.96. The van der Waals surface area contributed by atoms with Gasteiger partial charge in [0, 0.05) is 39.5 Å². The van der Waals surface area contributed by atoms with E-state index in [4.69, 9.17) is 14.2 Å². The minimum absolute atomic E-state index is 0.0612. The van der Waals surface area contributed by atoms with Gasteiger partial charge >= 0.3 is 0 Å². The fraction of sp³-hybridized carbons (Fsp3) is 0.667. The van der Waals surface area contributed by atoms with E-state index in [1.54, 1.807) is 18.2 Å². The van der Waals surface area contributed by atoms with Crippen LogP contribution in [0.5, 0.6) is 0 Å². The number of ether oxygens (including phenoxy) is 3. The Labute approximate surface area is 135 Å². The summed E-state index contributed by atoms with van der Waals surface area (Å²) < 4.78 is 15.9. The molecule has 0 bridgehead atoms. The van der Waals surface area contributed by atoms with E-state index in [0.717, 1.165) is 13.1 Å². The van der Waals surface area contributed by atoms with E-state index in [-0.39, 0.29) is 12.5 Å². The van der Waals surface area contributed by atoms with Gasteiger partial charge in [0.1, 0.15) is 0 Å². The summed E-state index contributed by atoms with van der Waals surface area (Å²) in [5.41, 5.74) is 1.13. The van der Waals surface area contributed by atoms with E-state index in [0.29, 0.717) is 56.7 Å². The molecule has 2 saturated heterocycles. The minimum atomic E-state index is -0.0612. The molecule has 126 valence electrons. The Kier molecular flexibility index (Phi) is 5.37. The molecule has 0 saturated carbocycles. The average Bonchev–Trinajstić information content (AvgIpc) is 2.63. The summed E-state index contributed by atoms with van der Waals surface area (Å²) in [5.74, 6) is 0.563. The van der Waals surface area contributed by atoms with E-state index < -0.39 is 0 Å². The smallest absolute Gasteiger partial charge is 0.257 e. The molecule has 3 rings (SSSR count). The SMILES string of the molecule is COCc1nc(N2CCOCC2)ncc1C(=O)N1CCOCC1. The molecule has 0 radical (unpaired) electrons. The Morgan fingerprint density at radius 2 is 1.83 bits per heavy atom. The van der Waals surface area contributed by atoms with Crippen LogP contribution in [0.4, 0.5) is 5.95 Å². The third kappa shape index (κ3) is 3.77. The first-order chi connectivity index (χ1) is 11.3. The van der Waals surface area contributed by atoms with Gasteiger partial charge in [-0.25, -0.2) is 9.97 Å². The van der Waals surface area contributed by atoms with Crippen LogP contribution in [0.25, 0.3) is 0 Å². The Balaban J connectivity index is 1.82. The van der Waals surface area contributed by atoms with Crippen LogP contribution in [-0.4, -0.2) is 80.5 Å². The molecule has 8 heteroatoms. The standard InChI is InChI=1S/C15H22N4O4/c1-21-11-13-12(14(20)18-2-6-22-7-3-18)10-16-15(17-13)19-4-8-23-9-5-19/h10H,2-9,11H2,1H3. The lowest BCUT2D eigenvalue weighted by atomic mass is 10.2. The molecule has 3 heterocycles. The van der Waals surface area contributed by atoms with Crippen molar-refractivity contribution in [2.24, 2.45) is 0 Å². The maximum absolute atomic E-state index is 12.7. The van der Waals surface area contributed by atoms with Gasteiger partial charge in [0.2, 0.25) is 5.95 Å². The number of carbonyl (C=O) groups excluding carboxylic acids is 1. The van der Waals surface area contributed by atoms with E-state index in [1.165, 1.54) is 0 Å². The normalized spacial score (nSPS) is 19.0. The third-order valence-corrected chi connectivity index (χ3v) is 3.96. The molecular weight excluding hydrogens is 300 g/mol. The van der Waals surface area contributed by atoms with Gasteiger partial charge in [0.25, 0.3) is 5.91 Å². The highest BCUT2D eigenvalue weighted by molar-refractivity contribution is 5.95. The number of morpholine rings is 2. The fourth-order valence-corrected chi connectivity index (χ4v) is 2.68. The maximum Gasteiger partial charge on any atom is 0.257 e. The summed E-state index contributed by atoms with van der Waals surface area (Å²) in [5, 5.41) is 0. The summed E-state index contributed by atoms with van der Waals surface area (Å²) in [4.78, 5) is 25.5. The van der Waals surface area contributed by atoms with Crippen molar-refractivity contribution in [2.75, 3.05) is 64.6 Å². The van der Waals surface area contributed by atoms with Gasteiger partial charge < -0.3 is 24.0 Å². The monoisotopic (exact) mass is 322 g/mol. The second kappa shape index (κ2) is 7.67. The topological polar surface area (TPSA) is 77.0 Å². The summed E-state index contributed by atoms with van der Waals surface area (Å²) in [7, 11) is 1.60. The van der Waals surface area contributed by atoms with Crippen LogP contribution in [-0.2, 0) is 20.8 Å². The predicted octanol–water partition coefficient (Wildman–Crippen LogP) is -0.0680. The van der Waals surface area contributed by atoms with Crippen molar-refractivity contribution in [1.29, 1.82) is 0 Å². The van der Waals surface area contributed by atoms with Gasteiger partial charge in [0.05, 0.1) is 44.3 Å². The lowest BCUT2D eigenvalue weighted by molar-refractivity contribution is 0.0299. The van der Waals surface area contributed by atoms with E-state index in [2.05, 4.69) is 14.9 Å². The first-order valence-electron chi connectivity index (χ1n) is 7.84. The summed E-state index contributed by atoms with van der Waals surface area (Å²) in [6, 6.07) is 0. The number of methoxy groups -OCH3 is 1. The van der Waals surface area contributed by atoms with E-state index in [1.807, 2.05) is 0 Å². The molecular formula is C15H22N4O4. The number of carbonyl (C=O) groups is 1. The van der Waals surface area contributed by atoms with Gasteiger partial charge in [-0.15, -0.1) is 0 Å². The number of rotatable bonds is 4. The molecule has 0 N–H and O–H groups in total. The van der Waals surface area contributed by atoms with Gasteiger partial charge in [-0.1, -0.05) is 0 Å². The molecule has 0 atom stereocenters. The lowest BCUT2D eigenvalue weighted by Crippen LogP contribution is -2.41. The maximum atomic E-state index is 12.7. The highest BCUT2D eigenvalue weighted by atomic mass is 16.5. The fourth-order valence-electron chi connectivity index (χ4n) is 2.68. The first-order valence-corrected chi connectivity index (χ1v) is 7.84. The average molecular weight is 322 g/mol. The Morgan fingerprint density at radius 3 is 2.48 bits per heavy atom. The van der Waals surface area contributed by atoms with Crippen molar-refractivity contribution in [1.82, 2.24) is 14.9 Å².